The van der Waals surface area contributed by atoms with Gasteiger partial charge in [-0.1, -0.05) is 23.4 Å². The fraction of sp³-hybridized carbons (Fsp3) is 0.250. The third-order valence-electron chi connectivity index (χ3n) is 3.41. The van der Waals surface area contributed by atoms with Gasteiger partial charge in [-0.05, 0) is 36.9 Å². The predicted molar refractivity (Wildman–Crippen MR) is 94.3 cm³/mol. The Balaban J connectivity index is 2.12. The van der Waals surface area contributed by atoms with Crippen LogP contribution in [-0.4, -0.2) is 23.5 Å². The lowest BCUT2D eigenvalue weighted by Crippen LogP contribution is -2.23. The first-order chi connectivity index (χ1) is 11.5. The van der Waals surface area contributed by atoms with Crippen molar-refractivity contribution in [3.05, 3.63) is 51.7 Å². The van der Waals surface area contributed by atoms with Crippen LogP contribution in [0.15, 0.2) is 46.1 Å². The van der Waals surface area contributed by atoms with Crippen molar-refractivity contribution in [2.45, 2.75) is 20.5 Å². The van der Waals surface area contributed by atoms with E-state index in [1.54, 1.807) is 17.4 Å². The van der Waals surface area contributed by atoms with E-state index in [4.69, 9.17) is 10.7 Å². The van der Waals surface area contributed by atoms with Crippen molar-refractivity contribution in [1.29, 1.82) is 0 Å². The molecule has 1 heterocycles. The van der Waals surface area contributed by atoms with E-state index in [2.05, 4.69) is 15.7 Å². The smallest absolute Gasteiger partial charge is 0.391 e. The molecule has 0 saturated heterocycles. The molecule has 0 aliphatic carbocycles. The average molecular weight is 346 g/mol. The van der Waals surface area contributed by atoms with Gasteiger partial charge < -0.3 is 4.84 Å². The van der Waals surface area contributed by atoms with Crippen molar-refractivity contribution in [2.75, 3.05) is 12.4 Å². The van der Waals surface area contributed by atoms with Gasteiger partial charge in [-0.2, -0.15) is 0 Å². The summed E-state index contributed by atoms with van der Waals surface area (Å²) in [5.41, 5.74) is 3.29. The Bertz CT molecular complexity index is 769. The lowest BCUT2D eigenvalue weighted by atomic mass is 10.1. The van der Waals surface area contributed by atoms with Crippen LogP contribution in [0.3, 0.4) is 0 Å². The number of anilines is 1. The number of amides is 2. The first kappa shape index (κ1) is 17.6. The molecule has 1 aromatic heterocycles. The van der Waals surface area contributed by atoms with Crippen LogP contribution in [0, 0.1) is 6.92 Å². The third-order valence-corrected chi connectivity index (χ3v) is 4.39. The summed E-state index contributed by atoms with van der Waals surface area (Å²) in [6.07, 6.45) is 0. The number of rotatable bonds is 5. The van der Waals surface area contributed by atoms with Gasteiger partial charge in [0.25, 0.3) is 0 Å². The van der Waals surface area contributed by atoms with Crippen LogP contribution in [0.2, 0.25) is 0 Å². The molecule has 0 radical (unpaired) electrons. The maximum Gasteiger partial charge on any atom is 0.459 e. The highest BCUT2D eigenvalue weighted by atomic mass is 32.1. The van der Waals surface area contributed by atoms with Crippen molar-refractivity contribution >= 4 is 28.8 Å². The number of hydrogen-bond acceptors (Lipinski definition) is 5. The molecule has 7 nitrogen and oxygen atoms in total. The molecular weight excluding hydrogens is 326 g/mol. The predicted octanol–water partition coefficient (Wildman–Crippen LogP) is 3.50. The zero-order chi connectivity index (χ0) is 17.5. The summed E-state index contributed by atoms with van der Waals surface area (Å²) >= 11 is 1.60. The number of hydrogen-bond donors (Lipinski definition) is 2. The largest absolute Gasteiger partial charge is 0.459 e. The lowest BCUT2D eigenvalue weighted by Gasteiger charge is -2.10. The second kappa shape index (κ2) is 8.21. The van der Waals surface area contributed by atoms with Gasteiger partial charge in [-0.3, -0.25) is 0 Å². The maximum atomic E-state index is 11.9. The van der Waals surface area contributed by atoms with Crippen LogP contribution in [0.1, 0.15) is 22.9 Å². The minimum atomic E-state index is -0.428. The van der Waals surface area contributed by atoms with E-state index < -0.39 is 6.03 Å². The van der Waals surface area contributed by atoms with Crippen molar-refractivity contribution in [2.24, 2.45) is 16.2 Å². The van der Waals surface area contributed by atoms with Gasteiger partial charge in [0.15, 0.2) is 0 Å². The number of nitrogens with one attached hydrogen (secondary N) is 1. The lowest BCUT2D eigenvalue weighted by molar-refractivity contribution is -0.466. The zero-order valence-electron chi connectivity index (χ0n) is 13.8. The van der Waals surface area contributed by atoms with Crippen molar-refractivity contribution in [3.63, 3.8) is 0 Å². The first-order valence-corrected chi connectivity index (χ1v) is 8.15. The molecule has 0 unspecified atom stereocenters. The van der Waals surface area contributed by atoms with E-state index in [-0.39, 0.29) is 6.61 Å². The van der Waals surface area contributed by atoms with Crippen LogP contribution < -0.4 is 11.2 Å². The topological polar surface area (TPSA) is 92.1 Å². The normalized spacial score (nSPS) is 12.1. The van der Waals surface area contributed by atoms with Gasteiger partial charge in [0.2, 0.25) is 0 Å². The summed E-state index contributed by atoms with van der Waals surface area (Å²) in [6.45, 7) is 4.08. The molecule has 0 aliphatic heterocycles. The Morgan fingerprint density at radius 3 is 2.83 bits per heavy atom. The molecule has 24 heavy (non-hydrogen) atoms. The van der Waals surface area contributed by atoms with Crippen molar-refractivity contribution in [3.8, 4) is 0 Å². The Morgan fingerprint density at radius 2 is 2.17 bits per heavy atom. The van der Waals surface area contributed by atoms with Crippen LogP contribution in [-0.2, 0) is 11.4 Å². The number of carbonyl (C=O) groups excluding carboxylic acids is 1. The van der Waals surface area contributed by atoms with E-state index in [0.29, 0.717) is 5.69 Å². The number of aryl methyl sites for hydroxylation is 1. The van der Waals surface area contributed by atoms with Gasteiger partial charge in [-0.15, -0.1) is 16.0 Å². The molecule has 0 saturated carbocycles. The summed E-state index contributed by atoms with van der Waals surface area (Å²) in [5.74, 6) is 5.10. The van der Waals surface area contributed by atoms with E-state index in [9.17, 15) is 4.79 Å². The number of carbonyl (C=O) groups is 1. The standard InChI is InChI=1S/C16H19N5O2S/c1-11-6-4-7-14(18-16(22)21(3)20-17)13(11)10-23-19-12(2)15-8-5-9-24-15/h4-9,17H,10H2,1-3H3,(H,18,22)/p+1. The highest BCUT2D eigenvalue weighted by Gasteiger charge is 2.15. The van der Waals surface area contributed by atoms with Gasteiger partial charge in [-0.25, -0.2) is 16.0 Å². The number of oxime groups is 1. The van der Waals surface area contributed by atoms with Gasteiger partial charge in [0, 0.05) is 10.8 Å². The SMILES string of the molecule is CC(=NOCc1c(C)cccc1NC(=O)/[N+](C)=N\N)c1cccs1. The zero-order valence-corrected chi connectivity index (χ0v) is 14.6. The Kier molecular flexibility index (Phi) is 6.02. The summed E-state index contributed by atoms with van der Waals surface area (Å²) in [5, 5.41) is 12.2. The Labute approximate surface area is 144 Å². The number of benzene rings is 1. The molecular formula is C16H20N5O2S+. The molecule has 126 valence electrons. The molecule has 0 aliphatic rings. The fourth-order valence-corrected chi connectivity index (χ4v) is 2.65. The summed E-state index contributed by atoms with van der Waals surface area (Å²) in [6, 6.07) is 9.12. The average Bonchev–Trinajstić information content (AvgIpc) is 3.11. The molecule has 1 aromatic carbocycles. The molecule has 0 atom stereocenters. The van der Waals surface area contributed by atoms with Crippen LogP contribution in [0.25, 0.3) is 0 Å². The molecule has 2 rings (SSSR count). The van der Waals surface area contributed by atoms with E-state index in [1.165, 1.54) is 7.05 Å². The Morgan fingerprint density at radius 1 is 1.38 bits per heavy atom. The molecule has 3 N–H and O–H groups in total. The molecule has 0 fully saturated rings. The number of nitrogens with zero attached hydrogens (tertiary/aromatic N) is 3. The minimum Gasteiger partial charge on any atom is -0.391 e. The fourth-order valence-electron chi connectivity index (χ4n) is 1.98. The van der Waals surface area contributed by atoms with Crippen LogP contribution >= 0.6 is 11.3 Å². The number of nitrogens with two attached hydrogens (primary N) is 1. The highest BCUT2D eigenvalue weighted by Crippen LogP contribution is 2.21. The monoisotopic (exact) mass is 346 g/mol. The molecule has 8 heteroatoms. The maximum absolute atomic E-state index is 11.9. The quantitative estimate of drug-likeness (QED) is 0.285. The second-order valence-corrected chi connectivity index (χ2v) is 6.05. The molecule has 0 spiro atoms. The van der Waals surface area contributed by atoms with Gasteiger partial charge in [0.05, 0.1) is 17.6 Å². The summed E-state index contributed by atoms with van der Waals surface area (Å²) in [4.78, 5) is 18.5. The van der Waals surface area contributed by atoms with Crippen LogP contribution in [0.4, 0.5) is 10.5 Å². The summed E-state index contributed by atoms with van der Waals surface area (Å²) in [7, 11) is 1.47. The minimum absolute atomic E-state index is 0.245. The van der Waals surface area contributed by atoms with E-state index in [1.807, 2.05) is 43.5 Å². The van der Waals surface area contributed by atoms with Crippen LogP contribution in [0.5, 0.6) is 0 Å². The van der Waals surface area contributed by atoms with Gasteiger partial charge in [0.1, 0.15) is 12.3 Å². The highest BCUT2D eigenvalue weighted by molar-refractivity contribution is 7.12. The number of thiophene rings is 1. The van der Waals surface area contributed by atoms with E-state index >= 15 is 0 Å². The van der Waals surface area contributed by atoms with E-state index in [0.717, 1.165) is 26.4 Å². The Hall–Kier alpha value is -2.74. The molecule has 2 aromatic rings. The first-order valence-electron chi connectivity index (χ1n) is 7.27. The van der Waals surface area contributed by atoms with Crippen molar-refractivity contribution < 1.29 is 14.3 Å². The molecule has 0 bridgehead atoms. The summed E-state index contributed by atoms with van der Waals surface area (Å²) < 4.78 is 1.02. The second-order valence-electron chi connectivity index (χ2n) is 5.10. The number of urea groups is 1. The third kappa shape index (κ3) is 4.39. The molecule has 2 amide bonds. The van der Waals surface area contributed by atoms with Crippen molar-refractivity contribution in [1.82, 2.24) is 0 Å². The van der Waals surface area contributed by atoms with Gasteiger partial charge >= 0.3 is 6.03 Å².